The molecule has 0 fully saturated rings. The van der Waals surface area contributed by atoms with Crippen LogP contribution >= 0.6 is 11.6 Å². The lowest BCUT2D eigenvalue weighted by molar-refractivity contribution is 0.0985. The van der Waals surface area contributed by atoms with Gasteiger partial charge in [0.2, 0.25) is 0 Å². The lowest BCUT2D eigenvalue weighted by Gasteiger charge is -2.23. The number of aromatic nitrogens is 1. The van der Waals surface area contributed by atoms with Gasteiger partial charge in [-0.1, -0.05) is 35.9 Å². The highest BCUT2D eigenvalue weighted by Crippen LogP contribution is 2.20. The second-order valence-corrected chi connectivity index (χ2v) is 5.53. The van der Waals surface area contributed by atoms with Crippen LogP contribution in [0.4, 0.5) is 5.69 Å². The molecule has 0 unspecified atom stereocenters. The van der Waals surface area contributed by atoms with Gasteiger partial charge in [0.05, 0.1) is 6.54 Å². The lowest BCUT2D eigenvalue weighted by Crippen LogP contribution is -2.30. The Bertz CT molecular complexity index is 773. The quantitative estimate of drug-likeness (QED) is 0.704. The maximum absolute atomic E-state index is 12.9. The molecule has 114 valence electrons. The second-order valence-electron chi connectivity index (χ2n) is 5.10. The summed E-state index contributed by atoms with van der Waals surface area (Å²) in [6.45, 7) is 0.458. The zero-order valence-electron chi connectivity index (χ0n) is 12.4. The van der Waals surface area contributed by atoms with Crippen LogP contribution < -0.4 is 4.90 Å². The number of benzene rings is 2. The molecular weight excluding hydrogens is 308 g/mol. The van der Waals surface area contributed by atoms with E-state index in [2.05, 4.69) is 4.98 Å². The Morgan fingerprint density at radius 2 is 1.70 bits per heavy atom. The van der Waals surface area contributed by atoms with Crippen molar-refractivity contribution in [1.82, 2.24) is 4.98 Å². The van der Waals surface area contributed by atoms with Gasteiger partial charge in [0.25, 0.3) is 5.91 Å². The Balaban J connectivity index is 1.94. The predicted octanol–water partition coefficient (Wildman–Crippen LogP) is 4.58. The van der Waals surface area contributed by atoms with Crippen molar-refractivity contribution < 1.29 is 4.79 Å². The molecule has 0 saturated heterocycles. The standard InChI is InChI=1S/C19H15ClN2O/c20-17-10-8-16(9-11-17)19(23)22(18-6-2-1-3-7-18)14-15-5-4-12-21-13-15/h1-13H,14H2. The van der Waals surface area contributed by atoms with Gasteiger partial charge in [-0.05, 0) is 48.0 Å². The van der Waals surface area contributed by atoms with Crippen molar-refractivity contribution in [3.05, 3.63) is 95.3 Å². The first-order chi connectivity index (χ1) is 11.2. The summed E-state index contributed by atoms with van der Waals surface area (Å²) in [5.74, 6) is -0.0725. The van der Waals surface area contributed by atoms with Crippen LogP contribution in [-0.2, 0) is 6.54 Å². The monoisotopic (exact) mass is 322 g/mol. The van der Waals surface area contributed by atoms with Gasteiger partial charge in [-0.3, -0.25) is 9.78 Å². The molecule has 0 aliphatic carbocycles. The maximum Gasteiger partial charge on any atom is 0.258 e. The number of anilines is 1. The Labute approximate surface area is 140 Å². The predicted molar refractivity (Wildman–Crippen MR) is 92.6 cm³/mol. The zero-order chi connectivity index (χ0) is 16.1. The van der Waals surface area contributed by atoms with Crippen LogP contribution in [0.3, 0.4) is 0 Å². The van der Waals surface area contributed by atoms with Crippen molar-refractivity contribution in [3.8, 4) is 0 Å². The summed E-state index contributed by atoms with van der Waals surface area (Å²) in [4.78, 5) is 18.8. The summed E-state index contributed by atoms with van der Waals surface area (Å²) in [7, 11) is 0. The molecular formula is C19H15ClN2O. The van der Waals surface area contributed by atoms with Gasteiger partial charge in [-0.25, -0.2) is 0 Å². The molecule has 1 heterocycles. The van der Waals surface area contributed by atoms with Crippen molar-refractivity contribution in [3.63, 3.8) is 0 Å². The fourth-order valence-electron chi connectivity index (χ4n) is 2.31. The minimum absolute atomic E-state index is 0.0725. The molecule has 0 atom stereocenters. The number of halogens is 1. The summed E-state index contributed by atoms with van der Waals surface area (Å²) in [5, 5.41) is 0.611. The SMILES string of the molecule is O=C(c1ccc(Cl)cc1)N(Cc1cccnc1)c1ccccc1. The molecule has 3 aromatic rings. The smallest absolute Gasteiger partial charge is 0.258 e. The fourth-order valence-corrected chi connectivity index (χ4v) is 2.44. The van der Waals surface area contributed by atoms with Crippen LogP contribution in [-0.4, -0.2) is 10.9 Å². The molecule has 4 heteroatoms. The number of amides is 1. The molecule has 0 spiro atoms. The van der Waals surface area contributed by atoms with Crippen LogP contribution in [0.2, 0.25) is 5.02 Å². The number of carbonyl (C=O) groups is 1. The van der Waals surface area contributed by atoms with E-state index >= 15 is 0 Å². The second kappa shape index (κ2) is 7.07. The topological polar surface area (TPSA) is 33.2 Å². The van der Waals surface area contributed by atoms with Gasteiger partial charge in [0.1, 0.15) is 0 Å². The molecule has 3 nitrogen and oxygen atoms in total. The molecule has 0 N–H and O–H groups in total. The summed E-state index contributed by atoms with van der Waals surface area (Å²) in [6, 6.07) is 20.4. The van der Waals surface area contributed by atoms with Crippen molar-refractivity contribution in [1.29, 1.82) is 0 Å². The Kier molecular flexibility index (Phi) is 4.69. The summed E-state index contributed by atoms with van der Waals surface area (Å²) in [5.41, 5.74) is 2.41. The first kappa shape index (κ1) is 15.3. The molecule has 0 bridgehead atoms. The molecule has 3 rings (SSSR count). The van der Waals surface area contributed by atoms with Crippen LogP contribution in [0.5, 0.6) is 0 Å². The number of para-hydroxylation sites is 1. The molecule has 0 saturated carbocycles. The highest BCUT2D eigenvalue weighted by atomic mass is 35.5. The number of carbonyl (C=O) groups excluding carboxylic acids is 1. The van der Waals surface area contributed by atoms with Crippen molar-refractivity contribution in [2.75, 3.05) is 4.90 Å². The summed E-state index contributed by atoms with van der Waals surface area (Å²) >= 11 is 5.91. The molecule has 0 aliphatic rings. The van der Waals surface area contributed by atoms with Gasteiger partial charge in [-0.2, -0.15) is 0 Å². The molecule has 1 amide bonds. The minimum Gasteiger partial charge on any atom is -0.304 e. The van der Waals surface area contributed by atoms with Gasteiger partial charge in [0, 0.05) is 28.7 Å². The van der Waals surface area contributed by atoms with E-state index in [0.29, 0.717) is 17.1 Å². The van der Waals surface area contributed by atoms with E-state index in [-0.39, 0.29) is 5.91 Å². The van der Waals surface area contributed by atoms with Gasteiger partial charge in [0.15, 0.2) is 0 Å². The fraction of sp³-hybridized carbons (Fsp3) is 0.0526. The number of hydrogen-bond acceptors (Lipinski definition) is 2. The largest absolute Gasteiger partial charge is 0.304 e. The minimum atomic E-state index is -0.0725. The number of pyridine rings is 1. The Morgan fingerprint density at radius 1 is 0.957 bits per heavy atom. The Hall–Kier alpha value is -2.65. The van der Waals surface area contributed by atoms with E-state index in [1.165, 1.54) is 0 Å². The summed E-state index contributed by atoms with van der Waals surface area (Å²) in [6.07, 6.45) is 3.49. The zero-order valence-corrected chi connectivity index (χ0v) is 13.1. The van der Waals surface area contributed by atoms with E-state index in [1.807, 2.05) is 42.5 Å². The van der Waals surface area contributed by atoms with E-state index in [0.717, 1.165) is 11.3 Å². The van der Waals surface area contributed by atoms with Crippen molar-refractivity contribution >= 4 is 23.2 Å². The Morgan fingerprint density at radius 3 is 2.35 bits per heavy atom. The van der Waals surface area contributed by atoms with Crippen LogP contribution in [0.25, 0.3) is 0 Å². The first-order valence-electron chi connectivity index (χ1n) is 7.25. The van der Waals surface area contributed by atoms with Gasteiger partial charge in [-0.15, -0.1) is 0 Å². The normalized spacial score (nSPS) is 10.3. The third-order valence-corrected chi connectivity index (χ3v) is 3.72. The average Bonchev–Trinajstić information content (AvgIpc) is 2.61. The van der Waals surface area contributed by atoms with Crippen LogP contribution in [0, 0.1) is 0 Å². The third-order valence-electron chi connectivity index (χ3n) is 3.47. The van der Waals surface area contributed by atoms with Crippen molar-refractivity contribution in [2.24, 2.45) is 0 Å². The van der Waals surface area contributed by atoms with E-state index in [4.69, 9.17) is 11.6 Å². The van der Waals surface area contributed by atoms with E-state index < -0.39 is 0 Å². The maximum atomic E-state index is 12.9. The molecule has 0 aliphatic heterocycles. The summed E-state index contributed by atoms with van der Waals surface area (Å²) < 4.78 is 0. The first-order valence-corrected chi connectivity index (χ1v) is 7.63. The highest BCUT2D eigenvalue weighted by Gasteiger charge is 2.18. The van der Waals surface area contributed by atoms with Crippen LogP contribution in [0.15, 0.2) is 79.1 Å². The number of rotatable bonds is 4. The van der Waals surface area contributed by atoms with Crippen LogP contribution in [0.1, 0.15) is 15.9 Å². The highest BCUT2D eigenvalue weighted by molar-refractivity contribution is 6.30. The molecule has 23 heavy (non-hydrogen) atoms. The van der Waals surface area contributed by atoms with Gasteiger partial charge >= 0.3 is 0 Å². The van der Waals surface area contributed by atoms with E-state index in [9.17, 15) is 4.79 Å². The third kappa shape index (κ3) is 3.76. The number of nitrogens with zero attached hydrogens (tertiary/aromatic N) is 2. The van der Waals surface area contributed by atoms with E-state index in [1.54, 1.807) is 41.6 Å². The average molecular weight is 323 g/mol. The molecule has 0 radical (unpaired) electrons. The molecule has 1 aromatic heterocycles. The lowest BCUT2D eigenvalue weighted by atomic mass is 10.1. The number of hydrogen-bond donors (Lipinski definition) is 0. The van der Waals surface area contributed by atoms with Gasteiger partial charge < -0.3 is 4.90 Å². The molecule has 2 aromatic carbocycles. The van der Waals surface area contributed by atoms with Crippen molar-refractivity contribution in [2.45, 2.75) is 6.54 Å².